The van der Waals surface area contributed by atoms with Crippen LogP contribution in [0.15, 0.2) is 12.1 Å². The number of amides is 2. The normalized spacial score (nSPS) is 18.8. The number of fused-ring (bicyclic) bond motifs is 2. The van der Waals surface area contributed by atoms with Gasteiger partial charge in [0.05, 0.1) is 18.8 Å². The van der Waals surface area contributed by atoms with Crippen LogP contribution in [0, 0.1) is 20.8 Å². The Bertz CT molecular complexity index is 1380. The lowest BCUT2D eigenvalue weighted by molar-refractivity contribution is -0.160. The Morgan fingerprint density at radius 3 is 2.30 bits per heavy atom. The van der Waals surface area contributed by atoms with Crippen LogP contribution in [0.4, 0.5) is 13.6 Å². The zero-order valence-electron chi connectivity index (χ0n) is 24.1. The van der Waals surface area contributed by atoms with Crippen LogP contribution in [0.5, 0.6) is 5.75 Å². The molecular weight excluding hydrogens is 518 g/mol. The van der Waals surface area contributed by atoms with Crippen LogP contribution in [-0.2, 0) is 29.0 Å². The van der Waals surface area contributed by atoms with Gasteiger partial charge in [-0.05, 0) is 105 Å². The molecule has 1 N–H and O–H groups in total. The fourth-order valence-corrected chi connectivity index (χ4v) is 6.40. The molecule has 5 rings (SSSR count). The molecule has 0 radical (unpaired) electrons. The molecule has 9 heteroatoms. The van der Waals surface area contributed by atoms with Crippen molar-refractivity contribution in [1.29, 1.82) is 0 Å². The second-order valence-electron chi connectivity index (χ2n) is 12.3. The summed E-state index contributed by atoms with van der Waals surface area (Å²) in [6.07, 6.45) is 0.200. The molecule has 0 saturated carbocycles. The first-order chi connectivity index (χ1) is 18.7. The van der Waals surface area contributed by atoms with Crippen molar-refractivity contribution in [3.63, 3.8) is 0 Å². The molecule has 3 aliphatic heterocycles. The Hall–Kier alpha value is -3.20. The van der Waals surface area contributed by atoms with E-state index in [-0.39, 0.29) is 26.1 Å². The molecule has 0 aliphatic carbocycles. The number of urea groups is 1. The van der Waals surface area contributed by atoms with Gasteiger partial charge in [0.2, 0.25) is 0 Å². The lowest BCUT2D eigenvalue weighted by Gasteiger charge is -2.30. The van der Waals surface area contributed by atoms with Gasteiger partial charge < -0.3 is 24.4 Å². The molecule has 40 heavy (non-hydrogen) atoms. The van der Waals surface area contributed by atoms with Crippen LogP contribution >= 0.6 is 0 Å². The van der Waals surface area contributed by atoms with Crippen molar-refractivity contribution in [2.45, 2.75) is 91.5 Å². The van der Waals surface area contributed by atoms with Gasteiger partial charge in [-0.3, -0.25) is 0 Å². The molecule has 2 aromatic carbocycles. The minimum absolute atomic E-state index is 0.0179. The molecule has 3 aliphatic rings. The number of alkyl halides is 2. The number of rotatable bonds is 4. The summed E-state index contributed by atoms with van der Waals surface area (Å²) in [4.78, 5) is 28.9. The van der Waals surface area contributed by atoms with Gasteiger partial charge in [-0.1, -0.05) is 6.07 Å². The molecule has 1 atom stereocenters. The number of hydrogen-bond acceptors (Lipinski definition) is 4. The van der Waals surface area contributed by atoms with E-state index < -0.39 is 36.2 Å². The fraction of sp³-hybridized carbons (Fsp3) is 0.548. The van der Waals surface area contributed by atoms with E-state index in [4.69, 9.17) is 9.47 Å². The SMILES string of the molecule is Cc1c(-c2c(C)c3c(c(C)c2C(OC(C)(C)C)C(=O)O)CN(C(=O)N2CCC(F)(F)C2)C3)ccc2c1CCCO2. The average Bonchev–Trinajstić information content (AvgIpc) is 3.49. The smallest absolute Gasteiger partial charge is 0.337 e. The zero-order valence-corrected chi connectivity index (χ0v) is 24.1. The van der Waals surface area contributed by atoms with E-state index in [1.165, 1.54) is 4.90 Å². The quantitative estimate of drug-likeness (QED) is 0.477. The molecule has 1 saturated heterocycles. The highest BCUT2D eigenvalue weighted by Crippen LogP contribution is 2.46. The zero-order chi connectivity index (χ0) is 29.1. The van der Waals surface area contributed by atoms with Gasteiger partial charge in [0.1, 0.15) is 5.75 Å². The topological polar surface area (TPSA) is 79.3 Å². The maximum Gasteiger partial charge on any atom is 0.337 e. The highest BCUT2D eigenvalue weighted by atomic mass is 19.3. The number of carbonyl (C=O) groups excluding carboxylic acids is 1. The summed E-state index contributed by atoms with van der Waals surface area (Å²) < 4.78 is 39.9. The number of benzene rings is 2. The van der Waals surface area contributed by atoms with E-state index in [0.717, 1.165) is 63.1 Å². The minimum atomic E-state index is -2.87. The Kier molecular flexibility index (Phi) is 7.09. The van der Waals surface area contributed by atoms with E-state index in [9.17, 15) is 23.5 Å². The number of carbonyl (C=O) groups is 2. The predicted octanol–water partition coefficient (Wildman–Crippen LogP) is 6.32. The molecule has 7 nitrogen and oxygen atoms in total. The minimum Gasteiger partial charge on any atom is -0.493 e. The molecule has 216 valence electrons. The first-order valence-corrected chi connectivity index (χ1v) is 13.9. The summed E-state index contributed by atoms with van der Waals surface area (Å²) in [5.74, 6) is -3.12. The molecular formula is C31H38F2N2O5. The molecule has 0 spiro atoms. The van der Waals surface area contributed by atoms with Gasteiger partial charge in [-0.15, -0.1) is 0 Å². The van der Waals surface area contributed by atoms with Gasteiger partial charge in [0.25, 0.3) is 5.92 Å². The van der Waals surface area contributed by atoms with E-state index in [1.807, 2.05) is 53.7 Å². The Balaban J connectivity index is 1.67. The Morgan fingerprint density at radius 2 is 1.70 bits per heavy atom. The van der Waals surface area contributed by atoms with Crippen molar-refractivity contribution in [3.8, 4) is 16.9 Å². The predicted molar refractivity (Wildman–Crippen MR) is 147 cm³/mol. The largest absolute Gasteiger partial charge is 0.493 e. The van der Waals surface area contributed by atoms with Gasteiger partial charge in [-0.25, -0.2) is 18.4 Å². The first-order valence-electron chi connectivity index (χ1n) is 13.9. The molecule has 0 aromatic heterocycles. The van der Waals surface area contributed by atoms with E-state index in [2.05, 4.69) is 0 Å². The summed E-state index contributed by atoms with van der Waals surface area (Å²) in [6, 6.07) is 3.52. The lowest BCUT2D eigenvalue weighted by Crippen LogP contribution is -2.40. The standard InChI is InChI=1S/C31H38F2N2O5/c1-17-20-8-7-13-39-24(20)10-9-21(17)25-18(2)22-14-35(29(38)34-12-11-31(32,33)16-34)15-23(22)19(3)26(25)27(28(36)37)40-30(4,5)6/h9-10,27H,7-8,11-16H2,1-6H3,(H,36,37). The summed E-state index contributed by atoms with van der Waals surface area (Å²) in [6.45, 7) is 12.0. The summed E-state index contributed by atoms with van der Waals surface area (Å²) in [7, 11) is 0. The van der Waals surface area contributed by atoms with Gasteiger partial charge in [0.15, 0.2) is 6.10 Å². The summed E-state index contributed by atoms with van der Waals surface area (Å²) >= 11 is 0. The Morgan fingerprint density at radius 1 is 1.02 bits per heavy atom. The van der Waals surface area contributed by atoms with E-state index in [1.54, 1.807) is 4.90 Å². The number of halogens is 2. The molecule has 1 fully saturated rings. The molecule has 2 aromatic rings. The maximum absolute atomic E-state index is 13.9. The van der Waals surface area contributed by atoms with Gasteiger partial charge >= 0.3 is 12.0 Å². The number of aliphatic carboxylic acids is 1. The third kappa shape index (κ3) is 5.04. The van der Waals surface area contributed by atoms with Crippen molar-refractivity contribution in [2.75, 3.05) is 19.7 Å². The second kappa shape index (κ2) is 10.0. The summed E-state index contributed by atoms with van der Waals surface area (Å²) in [5, 5.41) is 10.4. The molecule has 1 unspecified atom stereocenters. The maximum atomic E-state index is 13.9. The summed E-state index contributed by atoms with van der Waals surface area (Å²) in [5.41, 5.74) is 7.11. The van der Waals surface area contributed by atoms with Crippen LogP contribution in [0.25, 0.3) is 11.1 Å². The highest BCUT2D eigenvalue weighted by molar-refractivity contribution is 5.86. The average molecular weight is 557 g/mol. The van der Waals surface area contributed by atoms with Crippen molar-refractivity contribution < 1.29 is 33.0 Å². The van der Waals surface area contributed by atoms with Crippen molar-refractivity contribution >= 4 is 12.0 Å². The number of likely N-dealkylation sites (tertiary alicyclic amines) is 1. The lowest BCUT2D eigenvalue weighted by atomic mass is 9.81. The Labute approximate surface area is 234 Å². The van der Waals surface area contributed by atoms with Crippen LogP contribution in [0.3, 0.4) is 0 Å². The fourth-order valence-electron chi connectivity index (χ4n) is 6.40. The third-order valence-electron chi connectivity index (χ3n) is 8.34. The number of hydrogen-bond donors (Lipinski definition) is 1. The third-order valence-corrected chi connectivity index (χ3v) is 8.34. The molecule has 3 heterocycles. The molecule has 0 bridgehead atoms. The number of carboxylic acids is 1. The molecule has 2 amide bonds. The van der Waals surface area contributed by atoms with Crippen molar-refractivity contribution in [1.82, 2.24) is 9.80 Å². The van der Waals surface area contributed by atoms with Crippen LogP contribution in [-0.4, -0.2) is 58.1 Å². The van der Waals surface area contributed by atoms with E-state index in [0.29, 0.717) is 12.2 Å². The van der Waals surface area contributed by atoms with Crippen LogP contribution in [0.1, 0.15) is 78.7 Å². The monoisotopic (exact) mass is 556 g/mol. The van der Waals surface area contributed by atoms with Crippen molar-refractivity contribution in [3.05, 3.63) is 51.1 Å². The number of ether oxygens (including phenoxy) is 2. The van der Waals surface area contributed by atoms with Crippen LogP contribution < -0.4 is 4.74 Å². The second-order valence-corrected chi connectivity index (χ2v) is 12.3. The highest BCUT2D eigenvalue weighted by Gasteiger charge is 2.43. The van der Waals surface area contributed by atoms with Crippen molar-refractivity contribution in [2.24, 2.45) is 0 Å². The number of carboxylic acid groups (broad SMARTS) is 1. The van der Waals surface area contributed by atoms with Crippen LogP contribution in [0.2, 0.25) is 0 Å². The van der Waals surface area contributed by atoms with Gasteiger partial charge in [0, 0.05) is 31.6 Å². The van der Waals surface area contributed by atoms with E-state index >= 15 is 0 Å². The number of nitrogens with zero attached hydrogens (tertiary/aromatic N) is 2. The first kappa shape index (κ1) is 28.3. The van der Waals surface area contributed by atoms with Gasteiger partial charge in [-0.2, -0.15) is 0 Å².